The fourth-order valence-electron chi connectivity index (χ4n) is 2.54. The van der Waals surface area contributed by atoms with Crippen LogP contribution in [0, 0.1) is 0 Å². The zero-order chi connectivity index (χ0) is 21.7. The smallest absolute Gasteiger partial charge is 0.273 e. The number of aromatic amines is 1. The molecule has 0 atom stereocenters. The molecule has 0 unspecified atom stereocenters. The van der Waals surface area contributed by atoms with Crippen LogP contribution in [0.2, 0.25) is 5.02 Å². The summed E-state index contributed by atoms with van der Waals surface area (Å²) < 4.78 is 0.254. The number of halogens is 2. The van der Waals surface area contributed by atoms with Crippen molar-refractivity contribution >= 4 is 56.8 Å². The van der Waals surface area contributed by atoms with E-state index in [-0.39, 0.29) is 34.0 Å². The first kappa shape index (κ1) is 21.5. The second kappa shape index (κ2) is 9.55. The van der Waals surface area contributed by atoms with Crippen molar-refractivity contribution in [3.63, 3.8) is 0 Å². The van der Waals surface area contributed by atoms with Crippen molar-refractivity contribution in [2.24, 2.45) is 0 Å². The Bertz CT molecular complexity index is 1090. The highest BCUT2D eigenvalue weighted by Gasteiger charge is 2.21. The van der Waals surface area contributed by atoms with Crippen LogP contribution in [0.5, 0.6) is 0 Å². The number of H-pyrrole nitrogens is 1. The molecule has 3 aromatic rings. The van der Waals surface area contributed by atoms with Crippen LogP contribution < -0.4 is 15.5 Å². The van der Waals surface area contributed by atoms with E-state index in [1.54, 1.807) is 43.4 Å². The number of carbonyl (C=O) groups is 3. The van der Waals surface area contributed by atoms with Gasteiger partial charge in [0.25, 0.3) is 11.8 Å². The van der Waals surface area contributed by atoms with Crippen molar-refractivity contribution in [3.8, 4) is 0 Å². The monoisotopic (exact) mass is 489 g/mol. The predicted molar refractivity (Wildman–Crippen MR) is 118 cm³/mol. The number of para-hydroxylation sites is 1. The number of aromatic nitrogens is 2. The molecule has 1 aromatic heterocycles. The van der Waals surface area contributed by atoms with Crippen LogP contribution in [0.25, 0.3) is 0 Å². The number of hydrogen-bond donors (Lipinski definition) is 3. The third-order valence-corrected chi connectivity index (χ3v) is 5.30. The van der Waals surface area contributed by atoms with Crippen LogP contribution >= 0.6 is 27.5 Å². The van der Waals surface area contributed by atoms with Gasteiger partial charge in [0.1, 0.15) is 5.82 Å². The number of likely N-dealkylation sites (N-methyl/N-ethyl adjacent to an activating group) is 1. The lowest BCUT2D eigenvalue weighted by Gasteiger charge is -2.17. The maximum Gasteiger partial charge on any atom is 0.273 e. The lowest BCUT2D eigenvalue weighted by Crippen LogP contribution is -2.38. The number of carbonyl (C=O) groups excluding carboxylic acids is 3. The normalized spacial score (nSPS) is 10.4. The minimum Gasteiger partial charge on any atom is -0.342 e. The molecule has 8 nitrogen and oxygen atoms in total. The molecule has 3 N–H and O–H groups in total. The largest absolute Gasteiger partial charge is 0.342 e. The van der Waals surface area contributed by atoms with Gasteiger partial charge in [-0.1, -0.05) is 41.9 Å². The Morgan fingerprint density at radius 1 is 1.07 bits per heavy atom. The number of nitrogens with zero attached hydrogens (tertiary/aromatic N) is 2. The predicted octanol–water partition coefficient (Wildman–Crippen LogP) is 3.47. The zero-order valence-corrected chi connectivity index (χ0v) is 18.1. The highest BCUT2D eigenvalue weighted by Crippen LogP contribution is 2.25. The molecule has 0 spiro atoms. The van der Waals surface area contributed by atoms with Crippen LogP contribution in [-0.2, 0) is 4.79 Å². The number of nitrogens with one attached hydrogen (secondary N) is 3. The highest BCUT2D eigenvalue weighted by atomic mass is 79.9. The first-order chi connectivity index (χ1) is 14.4. The minimum atomic E-state index is -0.578. The molecule has 1 heterocycles. The molecule has 30 heavy (non-hydrogen) atoms. The standard InChI is InChI=1S/C20H17BrClN5O3/c1-27(12-7-3-2-4-8-12)15(28)11-23-20(30)17-16(21)18(26-25-17)24-19(29)13-9-5-6-10-14(13)22/h2-10H,11H2,1H3,(H,23,30)(H2,24,25,26,29). The number of hydrogen-bond acceptors (Lipinski definition) is 4. The molecular weight excluding hydrogens is 474 g/mol. The molecule has 0 saturated carbocycles. The van der Waals surface area contributed by atoms with Crippen LogP contribution in [-0.4, -0.2) is 41.5 Å². The average Bonchev–Trinajstić information content (AvgIpc) is 3.12. The lowest BCUT2D eigenvalue weighted by atomic mass is 10.2. The van der Waals surface area contributed by atoms with Gasteiger partial charge in [-0.3, -0.25) is 19.5 Å². The zero-order valence-electron chi connectivity index (χ0n) is 15.8. The number of anilines is 2. The van der Waals surface area contributed by atoms with Gasteiger partial charge in [-0.15, -0.1) is 0 Å². The molecular formula is C20H17BrClN5O3. The van der Waals surface area contributed by atoms with Crippen molar-refractivity contribution in [1.82, 2.24) is 15.5 Å². The van der Waals surface area contributed by atoms with E-state index in [0.717, 1.165) is 0 Å². The van der Waals surface area contributed by atoms with Gasteiger partial charge in [0.15, 0.2) is 5.69 Å². The second-order valence-corrected chi connectivity index (χ2v) is 7.37. The molecule has 0 radical (unpaired) electrons. The lowest BCUT2D eigenvalue weighted by molar-refractivity contribution is -0.117. The van der Waals surface area contributed by atoms with Crippen molar-refractivity contribution in [2.45, 2.75) is 0 Å². The Balaban J connectivity index is 1.62. The summed E-state index contributed by atoms with van der Waals surface area (Å²) in [6.45, 7) is -0.217. The van der Waals surface area contributed by atoms with Gasteiger partial charge in [-0.25, -0.2) is 0 Å². The second-order valence-electron chi connectivity index (χ2n) is 6.17. The number of amides is 3. The molecule has 2 aromatic carbocycles. The fourth-order valence-corrected chi connectivity index (χ4v) is 3.22. The summed E-state index contributed by atoms with van der Waals surface area (Å²) in [5.74, 6) is -1.14. The van der Waals surface area contributed by atoms with Gasteiger partial charge < -0.3 is 15.5 Å². The van der Waals surface area contributed by atoms with E-state index in [4.69, 9.17) is 11.6 Å². The SMILES string of the molecule is CN(C(=O)CNC(=O)c1n[nH]c(NC(=O)c2ccccc2Cl)c1Br)c1ccccc1. The van der Waals surface area contributed by atoms with Crippen molar-refractivity contribution < 1.29 is 14.4 Å². The quantitative estimate of drug-likeness (QED) is 0.492. The molecule has 10 heteroatoms. The first-order valence-electron chi connectivity index (χ1n) is 8.78. The van der Waals surface area contributed by atoms with Gasteiger partial charge in [-0.05, 0) is 40.2 Å². The van der Waals surface area contributed by atoms with Crippen LogP contribution in [0.15, 0.2) is 59.1 Å². The molecule has 0 aliphatic rings. The van der Waals surface area contributed by atoms with Crippen LogP contribution in [0.3, 0.4) is 0 Å². The number of rotatable bonds is 6. The van der Waals surface area contributed by atoms with Crippen molar-refractivity contribution in [2.75, 3.05) is 23.8 Å². The van der Waals surface area contributed by atoms with Crippen molar-refractivity contribution in [1.29, 1.82) is 0 Å². The van der Waals surface area contributed by atoms with E-state index >= 15 is 0 Å². The van der Waals surface area contributed by atoms with Crippen LogP contribution in [0.1, 0.15) is 20.8 Å². The Morgan fingerprint density at radius 2 is 1.73 bits per heavy atom. The summed E-state index contributed by atoms with van der Waals surface area (Å²) in [6, 6.07) is 15.6. The molecule has 0 fully saturated rings. The summed E-state index contributed by atoms with van der Waals surface area (Å²) in [5.41, 5.74) is 0.989. The first-order valence-corrected chi connectivity index (χ1v) is 9.95. The van der Waals surface area contributed by atoms with Gasteiger partial charge in [0.05, 0.1) is 21.6 Å². The van der Waals surface area contributed by atoms with Gasteiger partial charge in [0.2, 0.25) is 5.91 Å². The van der Waals surface area contributed by atoms with Gasteiger partial charge >= 0.3 is 0 Å². The molecule has 0 saturated heterocycles. The van der Waals surface area contributed by atoms with Gasteiger partial charge in [-0.2, -0.15) is 5.10 Å². The Kier molecular flexibility index (Phi) is 6.86. The van der Waals surface area contributed by atoms with Crippen LogP contribution in [0.4, 0.5) is 11.5 Å². The van der Waals surface area contributed by atoms with Gasteiger partial charge in [0, 0.05) is 12.7 Å². The maximum atomic E-state index is 12.4. The number of benzene rings is 2. The molecule has 3 amide bonds. The molecule has 0 bridgehead atoms. The summed E-state index contributed by atoms with van der Waals surface area (Å²) in [7, 11) is 1.62. The van der Waals surface area contributed by atoms with E-state index in [9.17, 15) is 14.4 Å². The fraction of sp³-hybridized carbons (Fsp3) is 0.100. The summed E-state index contributed by atoms with van der Waals surface area (Å²) in [6.07, 6.45) is 0. The third-order valence-electron chi connectivity index (χ3n) is 4.20. The summed E-state index contributed by atoms with van der Waals surface area (Å²) >= 11 is 9.27. The molecule has 154 valence electrons. The molecule has 0 aliphatic heterocycles. The minimum absolute atomic E-state index is 0.000349. The Hall–Kier alpha value is -3.17. The van der Waals surface area contributed by atoms with E-state index < -0.39 is 11.8 Å². The molecule has 0 aliphatic carbocycles. The topological polar surface area (TPSA) is 107 Å². The van der Waals surface area contributed by atoms with E-state index in [1.165, 1.54) is 4.90 Å². The summed E-state index contributed by atoms with van der Waals surface area (Å²) in [4.78, 5) is 38.5. The average molecular weight is 491 g/mol. The Labute approximate surface area is 185 Å². The Morgan fingerprint density at radius 3 is 2.43 bits per heavy atom. The maximum absolute atomic E-state index is 12.4. The van der Waals surface area contributed by atoms with E-state index in [2.05, 4.69) is 36.8 Å². The summed E-state index contributed by atoms with van der Waals surface area (Å²) in [5, 5.41) is 11.9. The highest BCUT2D eigenvalue weighted by molar-refractivity contribution is 9.10. The van der Waals surface area contributed by atoms with E-state index in [0.29, 0.717) is 10.7 Å². The van der Waals surface area contributed by atoms with E-state index in [1.807, 2.05) is 18.2 Å². The van der Waals surface area contributed by atoms with Crippen molar-refractivity contribution in [3.05, 3.63) is 75.4 Å². The third kappa shape index (κ3) is 4.87. The molecule has 3 rings (SSSR count).